The van der Waals surface area contributed by atoms with Gasteiger partial charge in [0.05, 0.1) is 18.0 Å². The summed E-state index contributed by atoms with van der Waals surface area (Å²) >= 11 is 0. The van der Waals surface area contributed by atoms with E-state index in [2.05, 4.69) is 14.9 Å². The SMILES string of the molecule is CCS(=O)(=O)CCN1CC2(CC(Oc3ncccn3)CCO2)C1.O=C(O)C(F)(F)F. The fourth-order valence-corrected chi connectivity index (χ4v) is 3.96. The lowest BCUT2D eigenvalue weighted by molar-refractivity contribution is -0.192. The number of hydrogen-bond acceptors (Lipinski definition) is 8. The van der Waals surface area contributed by atoms with E-state index in [0.717, 1.165) is 25.9 Å². The molecular formula is C17H24F3N3O6S. The second kappa shape index (κ2) is 9.88. The molecule has 1 unspecified atom stereocenters. The van der Waals surface area contributed by atoms with Gasteiger partial charge in [0, 0.05) is 50.6 Å². The Bertz CT molecular complexity index is 801. The first-order valence-electron chi connectivity index (χ1n) is 9.25. The summed E-state index contributed by atoms with van der Waals surface area (Å²) in [6.07, 6.45) is -0.0903. The minimum absolute atomic E-state index is 0.0488. The molecule has 2 aliphatic rings. The monoisotopic (exact) mass is 455 g/mol. The molecule has 0 aromatic carbocycles. The van der Waals surface area contributed by atoms with Crippen LogP contribution in [-0.4, -0.2) is 90.0 Å². The average Bonchev–Trinajstić information content (AvgIpc) is 2.65. The highest BCUT2D eigenvalue weighted by atomic mass is 32.2. The second-order valence-corrected chi connectivity index (χ2v) is 9.52. The van der Waals surface area contributed by atoms with Crippen molar-refractivity contribution in [3.05, 3.63) is 18.5 Å². The highest BCUT2D eigenvalue weighted by Crippen LogP contribution is 2.35. The van der Waals surface area contributed by atoms with Crippen LogP contribution < -0.4 is 4.74 Å². The lowest BCUT2D eigenvalue weighted by Crippen LogP contribution is -2.66. The van der Waals surface area contributed by atoms with Crippen molar-refractivity contribution < 1.29 is 41.0 Å². The summed E-state index contributed by atoms with van der Waals surface area (Å²) in [7, 11) is -2.91. The molecule has 13 heteroatoms. The largest absolute Gasteiger partial charge is 0.490 e. The Morgan fingerprint density at radius 2 is 1.97 bits per heavy atom. The predicted molar refractivity (Wildman–Crippen MR) is 98.8 cm³/mol. The van der Waals surface area contributed by atoms with Gasteiger partial charge in [-0.2, -0.15) is 13.2 Å². The fourth-order valence-electron chi connectivity index (χ4n) is 3.14. The normalized spacial score (nSPS) is 21.3. The van der Waals surface area contributed by atoms with Crippen LogP contribution in [0, 0.1) is 0 Å². The number of aromatic nitrogens is 2. The van der Waals surface area contributed by atoms with Crippen LogP contribution in [0.2, 0.25) is 0 Å². The van der Waals surface area contributed by atoms with Crippen molar-refractivity contribution in [3.8, 4) is 6.01 Å². The van der Waals surface area contributed by atoms with Gasteiger partial charge in [0.25, 0.3) is 0 Å². The van der Waals surface area contributed by atoms with E-state index in [1.165, 1.54) is 0 Å². The first kappa shape index (κ1) is 24.3. The zero-order chi connectivity index (χ0) is 22.4. The third-order valence-electron chi connectivity index (χ3n) is 4.69. The topological polar surface area (TPSA) is 119 Å². The predicted octanol–water partition coefficient (Wildman–Crippen LogP) is 1.16. The molecule has 3 rings (SSSR count). The maximum atomic E-state index is 11.6. The number of aliphatic carboxylic acids is 1. The number of hydrogen-bond donors (Lipinski definition) is 1. The summed E-state index contributed by atoms with van der Waals surface area (Å²) in [6, 6.07) is 2.16. The quantitative estimate of drug-likeness (QED) is 0.674. The molecule has 0 saturated carbocycles. The summed E-state index contributed by atoms with van der Waals surface area (Å²) in [5.41, 5.74) is -0.201. The summed E-state index contributed by atoms with van der Waals surface area (Å²) in [6.45, 7) is 4.45. The third kappa shape index (κ3) is 7.36. The Morgan fingerprint density at radius 3 is 2.50 bits per heavy atom. The number of carboxylic acids is 1. The van der Waals surface area contributed by atoms with E-state index >= 15 is 0 Å². The molecule has 9 nitrogen and oxygen atoms in total. The lowest BCUT2D eigenvalue weighted by atomic mass is 9.85. The zero-order valence-electron chi connectivity index (χ0n) is 16.3. The van der Waals surface area contributed by atoms with Crippen molar-refractivity contribution in [2.75, 3.05) is 37.7 Å². The molecule has 0 amide bonds. The summed E-state index contributed by atoms with van der Waals surface area (Å²) < 4.78 is 66.7. The molecule has 170 valence electrons. The first-order valence-corrected chi connectivity index (χ1v) is 11.1. The highest BCUT2D eigenvalue weighted by molar-refractivity contribution is 7.91. The van der Waals surface area contributed by atoms with E-state index in [1.54, 1.807) is 25.4 Å². The van der Waals surface area contributed by atoms with Crippen molar-refractivity contribution in [2.45, 2.75) is 37.6 Å². The van der Waals surface area contributed by atoms with Gasteiger partial charge in [-0.3, -0.25) is 4.90 Å². The van der Waals surface area contributed by atoms with Crippen LogP contribution in [0.25, 0.3) is 0 Å². The number of alkyl halides is 3. The lowest BCUT2D eigenvalue weighted by Gasteiger charge is -2.53. The van der Waals surface area contributed by atoms with Gasteiger partial charge >= 0.3 is 18.2 Å². The van der Waals surface area contributed by atoms with Gasteiger partial charge in [0.15, 0.2) is 9.84 Å². The van der Waals surface area contributed by atoms with E-state index in [0.29, 0.717) is 19.2 Å². The molecule has 2 saturated heterocycles. The minimum Gasteiger partial charge on any atom is -0.475 e. The van der Waals surface area contributed by atoms with Gasteiger partial charge in [0.1, 0.15) is 6.10 Å². The number of sulfone groups is 1. The van der Waals surface area contributed by atoms with Crippen LogP contribution in [0.5, 0.6) is 6.01 Å². The van der Waals surface area contributed by atoms with Crippen molar-refractivity contribution in [1.29, 1.82) is 0 Å². The zero-order valence-corrected chi connectivity index (χ0v) is 17.2. The first-order chi connectivity index (χ1) is 13.9. The molecule has 0 aliphatic carbocycles. The Kier molecular flexibility index (Phi) is 7.99. The number of rotatable bonds is 6. The Balaban J connectivity index is 0.000000396. The van der Waals surface area contributed by atoms with Gasteiger partial charge in [-0.15, -0.1) is 0 Å². The van der Waals surface area contributed by atoms with Gasteiger partial charge in [-0.25, -0.2) is 23.2 Å². The maximum Gasteiger partial charge on any atom is 0.490 e. The molecule has 1 aromatic rings. The molecule has 3 heterocycles. The van der Waals surface area contributed by atoms with E-state index in [4.69, 9.17) is 19.4 Å². The molecule has 0 radical (unpaired) electrons. The average molecular weight is 455 g/mol. The number of nitrogens with zero attached hydrogens (tertiary/aromatic N) is 3. The summed E-state index contributed by atoms with van der Waals surface area (Å²) in [5, 5.41) is 7.12. The molecular weight excluding hydrogens is 431 g/mol. The van der Waals surface area contributed by atoms with Crippen molar-refractivity contribution in [2.24, 2.45) is 0 Å². The van der Waals surface area contributed by atoms with Crippen LogP contribution in [0.3, 0.4) is 0 Å². The molecule has 2 fully saturated rings. The molecule has 30 heavy (non-hydrogen) atoms. The van der Waals surface area contributed by atoms with Crippen LogP contribution in [-0.2, 0) is 19.4 Å². The second-order valence-electron chi connectivity index (χ2n) is 7.05. The van der Waals surface area contributed by atoms with Crippen LogP contribution in [0.15, 0.2) is 18.5 Å². The standard InChI is InChI=1S/C15H23N3O4S.C2HF3O2/c1-2-23(19,20)9-7-18-11-15(12-18)10-13(4-8-21-15)22-14-16-5-3-6-17-14;3-2(4,5)1(6)7/h3,5-6,13H,2,4,7-12H2,1H3;(H,6,7). The van der Waals surface area contributed by atoms with Gasteiger partial charge < -0.3 is 14.6 Å². The Morgan fingerprint density at radius 1 is 1.37 bits per heavy atom. The molecule has 1 spiro atoms. The van der Waals surface area contributed by atoms with Crippen molar-refractivity contribution in [1.82, 2.24) is 14.9 Å². The molecule has 1 N–H and O–H groups in total. The fraction of sp³-hybridized carbons (Fsp3) is 0.706. The molecule has 1 aromatic heterocycles. The maximum absolute atomic E-state index is 11.6. The number of halogens is 3. The number of carboxylic acid groups (broad SMARTS) is 1. The molecule has 2 aliphatic heterocycles. The Labute approximate surface area is 172 Å². The summed E-state index contributed by atoms with van der Waals surface area (Å²) in [4.78, 5) is 19.2. The smallest absolute Gasteiger partial charge is 0.475 e. The Hall–Kier alpha value is -1.99. The van der Waals surface area contributed by atoms with Crippen LogP contribution in [0.4, 0.5) is 13.2 Å². The van der Waals surface area contributed by atoms with Crippen molar-refractivity contribution in [3.63, 3.8) is 0 Å². The van der Waals surface area contributed by atoms with Gasteiger partial charge in [0.2, 0.25) is 0 Å². The highest BCUT2D eigenvalue weighted by Gasteiger charge is 2.48. The van der Waals surface area contributed by atoms with Crippen molar-refractivity contribution >= 4 is 15.8 Å². The third-order valence-corrected chi connectivity index (χ3v) is 6.37. The molecule has 0 bridgehead atoms. The van der Waals surface area contributed by atoms with Crippen LogP contribution in [0.1, 0.15) is 19.8 Å². The molecule has 1 atom stereocenters. The summed E-state index contributed by atoms with van der Waals surface area (Å²) in [5.74, 6) is -2.33. The van der Waals surface area contributed by atoms with E-state index < -0.39 is 22.0 Å². The number of likely N-dealkylation sites (tertiary alicyclic amines) is 1. The number of ether oxygens (including phenoxy) is 2. The number of carbonyl (C=O) groups is 1. The minimum atomic E-state index is -5.08. The van der Waals surface area contributed by atoms with Gasteiger partial charge in [-0.1, -0.05) is 6.92 Å². The van der Waals surface area contributed by atoms with Gasteiger partial charge in [-0.05, 0) is 6.07 Å². The van der Waals surface area contributed by atoms with E-state index in [-0.39, 0.29) is 23.2 Å². The van der Waals surface area contributed by atoms with E-state index in [1.807, 2.05) is 0 Å². The van der Waals surface area contributed by atoms with Crippen LogP contribution >= 0.6 is 0 Å². The van der Waals surface area contributed by atoms with E-state index in [9.17, 15) is 21.6 Å².